The monoisotopic (exact) mass is 421 g/mol. The van der Waals surface area contributed by atoms with Gasteiger partial charge in [-0.3, -0.25) is 4.79 Å². The molecular formula is C25H27NO5. The van der Waals surface area contributed by atoms with Gasteiger partial charge in [-0.25, -0.2) is 0 Å². The van der Waals surface area contributed by atoms with Gasteiger partial charge in [0.1, 0.15) is 23.0 Å². The fourth-order valence-corrected chi connectivity index (χ4v) is 2.86. The second kappa shape index (κ2) is 11.5. The molecule has 0 fully saturated rings. The molecule has 3 aromatic rings. The van der Waals surface area contributed by atoms with E-state index in [1.54, 1.807) is 7.11 Å². The number of rotatable bonds is 11. The molecule has 1 amide bonds. The van der Waals surface area contributed by atoms with Gasteiger partial charge in [-0.05, 0) is 74.0 Å². The van der Waals surface area contributed by atoms with Crippen molar-refractivity contribution in [1.82, 2.24) is 0 Å². The highest BCUT2D eigenvalue weighted by atomic mass is 16.5. The lowest BCUT2D eigenvalue weighted by molar-refractivity contribution is -0.116. The molecular weight excluding hydrogens is 394 g/mol. The molecule has 0 unspecified atom stereocenters. The molecule has 6 nitrogen and oxygen atoms in total. The highest BCUT2D eigenvalue weighted by Crippen LogP contribution is 2.30. The van der Waals surface area contributed by atoms with Crippen LogP contribution >= 0.6 is 0 Å². The molecule has 0 aromatic heterocycles. The molecule has 162 valence electrons. The Kier molecular flexibility index (Phi) is 8.17. The summed E-state index contributed by atoms with van der Waals surface area (Å²) in [4.78, 5) is 12.4. The first-order valence-electron chi connectivity index (χ1n) is 10.2. The average Bonchev–Trinajstić information content (AvgIpc) is 2.80. The lowest BCUT2D eigenvalue weighted by atomic mass is 10.2. The number of nitrogens with one attached hydrogen (secondary N) is 1. The number of carbonyl (C=O) groups is 1. The van der Waals surface area contributed by atoms with Crippen LogP contribution in [-0.4, -0.2) is 26.2 Å². The van der Waals surface area contributed by atoms with E-state index in [0.717, 1.165) is 17.2 Å². The molecule has 31 heavy (non-hydrogen) atoms. The number of hydrogen-bond donors (Lipinski definition) is 1. The van der Waals surface area contributed by atoms with Crippen molar-refractivity contribution in [2.24, 2.45) is 0 Å². The maximum Gasteiger partial charge on any atom is 0.224 e. The van der Waals surface area contributed by atoms with Gasteiger partial charge in [0, 0.05) is 6.42 Å². The van der Waals surface area contributed by atoms with Crippen LogP contribution in [0, 0.1) is 0 Å². The summed E-state index contributed by atoms with van der Waals surface area (Å²) in [5, 5.41) is 2.92. The summed E-state index contributed by atoms with van der Waals surface area (Å²) in [6.07, 6.45) is 0.938. The third kappa shape index (κ3) is 6.96. The Labute approximate surface area is 182 Å². The van der Waals surface area contributed by atoms with Crippen LogP contribution in [0.4, 0.5) is 5.69 Å². The molecule has 3 rings (SSSR count). The van der Waals surface area contributed by atoms with Crippen molar-refractivity contribution in [2.75, 3.05) is 25.6 Å². The fourth-order valence-electron chi connectivity index (χ4n) is 2.86. The van der Waals surface area contributed by atoms with Crippen molar-refractivity contribution in [2.45, 2.75) is 19.8 Å². The van der Waals surface area contributed by atoms with Crippen LogP contribution in [0.15, 0.2) is 72.8 Å². The molecule has 0 saturated heterocycles. The number of para-hydroxylation sites is 2. The van der Waals surface area contributed by atoms with E-state index in [2.05, 4.69) is 5.32 Å². The van der Waals surface area contributed by atoms with Gasteiger partial charge in [-0.1, -0.05) is 12.1 Å². The van der Waals surface area contributed by atoms with E-state index in [4.69, 9.17) is 18.9 Å². The van der Waals surface area contributed by atoms with Crippen LogP contribution in [0.25, 0.3) is 0 Å². The predicted octanol–water partition coefficient (Wildman–Crippen LogP) is 5.68. The third-order valence-electron chi connectivity index (χ3n) is 4.40. The maximum atomic E-state index is 12.4. The zero-order valence-corrected chi connectivity index (χ0v) is 17.8. The quantitative estimate of drug-likeness (QED) is 0.403. The van der Waals surface area contributed by atoms with Crippen molar-refractivity contribution in [3.8, 4) is 28.7 Å². The smallest absolute Gasteiger partial charge is 0.224 e. The second-order valence-electron chi connectivity index (χ2n) is 6.68. The van der Waals surface area contributed by atoms with Crippen molar-refractivity contribution in [1.29, 1.82) is 0 Å². The van der Waals surface area contributed by atoms with Gasteiger partial charge in [0.2, 0.25) is 5.91 Å². The summed E-state index contributed by atoms with van der Waals surface area (Å²) in [5.74, 6) is 3.45. The highest BCUT2D eigenvalue weighted by molar-refractivity contribution is 5.92. The molecule has 0 aliphatic carbocycles. The molecule has 0 heterocycles. The number of benzene rings is 3. The van der Waals surface area contributed by atoms with E-state index in [9.17, 15) is 4.79 Å². The minimum atomic E-state index is -0.0962. The zero-order chi connectivity index (χ0) is 21.9. The number of carbonyl (C=O) groups excluding carboxylic acids is 1. The summed E-state index contributed by atoms with van der Waals surface area (Å²) < 4.78 is 22.2. The maximum absolute atomic E-state index is 12.4. The Morgan fingerprint density at radius 2 is 1.42 bits per heavy atom. The summed E-state index contributed by atoms with van der Waals surface area (Å²) >= 11 is 0. The Balaban J connectivity index is 1.48. The van der Waals surface area contributed by atoms with Crippen LogP contribution in [0.5, 0.6) is 28.7 Å². The summed E-state index contributed by atoms with van der Waals surface area (Å²) in [7, 11) is 1.62. The Bertz CT molecular complexity index is 954. The zero-order valence-electron chi connectivity index (χ0n) is 17.8. The van der Waals surface area contributed by atoms with E-state index in [0.29, 0.717) is 43.2 Å². The van der Waals surface area contributed by atoms with Crippen molar-refractivity contribution in [3.05, 3.63) is 72.8 Å². The first-order chi connectivity index (χ1) is 15.2. The van der Waals surface area contributed by atoms with Gasteiger partial charge in [0.15, 0.2) is 5.75 Å². The van der Waals surface area contributed by atoms with Gasteiger partial charge >= 0.3 is 0 Å². The van der Waals surface area contributed by atoms with Crippen LogP contribution < -0.4 is 24.3 Å². The number of amides is 1. The van der Waals surface area contributed by atoms with Crippen molar-refractivity contribution >= 4 is 11.6 Å². The van der Waals surface area contributed by atoms with E-state index in [1.165, 1.54) is 0 Å². The number of hydrogen-bond acceptors (Lipinski definition) is 5. The van der Waals surface area contributed by atoms with E-state index in [-0.39, 0.29) is 5.91 Å². The van der Waals surface area contributed by atoms with E-state index >= 15 is 0 Å². The minimum Gasteiger partial charge on any atom is -0.497 e. The first-order valence-corrected chi connectivity index (χ1v) is 10.2. The summed E-state index contributed by atoms with van der Waals surface area (Å²) in [6, 6.07) is 22.1. The topological polar surface area (TPSA) is 66.0 Å². The summed E-state index contributed by atoms with van der Waals surface area (Å²) in [5.41, 5.74) is 0.623. The molecule has 1 N–H and O–H groups in total. The SMILES string of the molecule is CCOc1ccc(Oc2ccccc2NC(=O)CCCOc2ccc(OC)cc2)cc1. The normalized spacial score (nSPS) is 10.3. The number of methoxy groups -OCH3 is 1. The summed E-state index contributed by atoms with van der Waals surface area (Å²) in [6.45, 7) is 3.00. The van der Waals surface area contributed by atoms with Crippen molar-refractivity contribution < 1.29 is 23.7 Å². The van der Waals surface area contributed by atoms with E-state index < -0.39 is 0 Å². The molecule has 0 aliphatic heterocycles. The van der Waals surface area contributed by atoms with Gasteiger partial charge < -0.3 is 24.3 Å². The van der Waals surface area contributed by atoms with Crippen LogP contribution in [-0.2, 0) is 4.79 Å². The van der Waals surface area contributed by atoms with Crippen LogP contribution in [0.2, 0.25) is 0 Å². The van der Waals surface area contributed by atoms with Crippen LogP contribution in [0.3, 0.4) is 0 Å². The Hall–Kier alpha value is -3.67. The molecule has 0 spiro atoms. The predicted molar refractivity (Wildman–Crippen MR) is 120 cm³/mol. The van der Waals surface area contributed by atoms with Crippen LogP contribution in [0.1, 0.15) is 19.8 Å². The van der Waals surface area contributed by atoms with Gasteiger partial charge in [0.25, 0.3) is 0 Å². The van der Waals surface area contributed by atoms with E-state index in [1.807, 2.05) is 79.7 Å². The number of anilines is 1. The van der Waals surface area contributed by atoms with Gasteiger partial charge in [0.05, 0.1) is 26.0 Å². The minimum absolute atomic E-state index is 0.0962. The molecule has 0 radical (unpaired) electrons. The highest BCUT2D eigenvalue weighted by Gasteiger charge is 2.09. The molecule has 0 aliphatic rings. The molecule has 3 aromatic carbocycles. The second-order valence-corrected chi connectivity index (χ2v) is 6.68. The van der Waals surface area contributed by atoms with Gasteiger partial charge in [-0.2, -0.15) is 0 Å². The van der Waals surface area contributed by atoms with Crippen molar-refractivity contribution in [3.63, 3.8) is 0 Å². The van der Waals surface area contributed by atoms with Gasteiger partial charge in [-0.15, -0.1) is 0 Å². The molecule has 0 saturated carbocycles. The molecule has 6 heteroatoms. The Morgan fingerprint density at radius 3 is 2.10 bits per heavy atom. The molecule has 0 atom stereocenters. The standard InChI is InChI=1S/C25H27NO5/c1-3-29-20-14-16-22(17-15-20)31-24-8-5-4-7-23(24)26-25(27)9-6-18-30-21-12-10-19(28-2)11-13-21/h4-5,7-8,10-17H,3,6,9,18H2,1-2H3,(H,26,27). The Morgan fingerprint density at radius 1 is 0.806 bits per heavy atom. The number of ether oxygens (including phenoxy) is 4. The third-order valence-corrected chi connectivity index (χ3v) is 4.40. The lowest BCUT2D eigenvalue weighted by Gasteiger charge is -2.13. The average molecular weight is 421 g/mol. The largest absolute Gasteiger partial charge is 0.497 e. The lowest BCUT2D eigenvalue weighted by Crippen LogP contribution is -2.13. The molecule has 0 bridgehead atoms. The first kappa shape index (κ1) is 22.0. The fraction of sp³-hybridized carbons (Fsp3) is 0.240.